The van der Waals surface area contributed by atoms with Crippen LogP contribution in [0, 0.1) is 11.8 Å². The zero-order chi connectivity index (χ0) is 26.6. The Morgan fingerprint density at radius 3 is 2.84 bits per heavy atom. The van der Waals surface area contributed by atoms with Crippen molar-refractivity contribution in [3.8, 4) is 5.75 Å². The van der Waals surface area contributed by atoms with Crippen LogP contribution in [0.3, 0.4) is 0 Å². The number of aromatic amines is 1. The molecule has 1 unspecified atom stereocenters. The number of unbranched alkanes of at least 4 members (excludes halogenated alkanes) is 3. The third kappa shape index (κ3) is 9.02. The Morgan fingerprint density at radius 2 is 2.03 bits per heavy atom. The number of hydrogen-bond donors (Lipinski definition) is 6. The number of rotatable bonds is 15. The minimum absolute atomic E-state index is 0.0214. The highest BCUT2D eigenvalue weighted by Gasteiger charge is 2.39. The Hall–Kier alpha value is -2.61. The van der Waals surface area contributed by atoms with Gasteiger partial charge in [0.2, 0.25) is 5.91 Å². The van der Waals surface area contributed by atoms with Gasteiger partial charge in [0.05, 0.1) is 18.3 Å². The van der Waals surface area contributed by atoms with Gasteiger partial charge in [-0.1, -0.05) is 50.5 Å². The van der Waals surface area contributed by atoms with E-state index in [0.29, 0.717) is 32.2 Å². The zero-order valence-electron chi connectivity index (χ0n) is 22.0. The van der Waals surface area contributed by atoms with Crippen LogP contribution in [0.15, 0.2) is 48.7 Å². The monoisotopic (exact) mass is 512 g/mol. The fourth-order valence-corrected chi connectivity index (χ4v) is 5.21. The molecule has 7 heteroatoms. The van der Waals surface area contributed by atoms with E-state index in [1.54, 1.807) is 18.2 Å². The number of aliphatic hydroxyl groups excluding tert-OH is 3. The van der Waals surface area contributed by atoms with E-state index in [4.69, 9.17) is 0 Å². The van der Waals surface area contributed by atoms with Crippen molar-refractivity contribution in [3.63, 3.8) is 0 Å². The van der Waals surface area contributed by atoms with Gasteiger partial charge in [0.15, 0.2) is 0 Å². The highest BCUT2D eigenvalue weighted by Crippen LogP contribution is 2.36. The van der Waals surface area contributed by atoms with E-state index >= 15 is 0 Å². The molecule has 1 aromatic heterocycles. The van der Waals surface area contributed by atoms with Crippen molar-refractivity contribution in [1.29, 1.82) is 0 Å². The minimum Gasteiger partial charge on any atom is -0.508 e. The van der Waals surface area contributed by atoms with E-state index in [2.05, 4.69) is 17.2 Å². The second-order valence-electron chi connectivity index (χ2n) is 10.3. The summed E-state index contributed by atoms with van der Waals surface area (Å²) in [5.41, 5.74) is 2.03. The molecule has 6 N–H and O–H groups in total. The van der Waals surface area contributed by atoms with Crippen molar-refractivity contribution in [2.45, 2.75) is 89.4 Å². The van der Waals surface area contributed by atoms with Crippen LogP contribution in [0.5, 0.6) is 5.75 Å². The topological polar surface area (TPSA) is 126 Å². The minimum atomic E-state index is -0.592. The molecule has 2 aromatic rings. The molecular weight excluding hydrogens is 468 g/mol. The lowest BCUT2D eigenvalue weighted by Gasteiger charge is -2.19. The number of carbonyl (C=O) groups excluding carboxylic acids is 1. The van der Waals surface area contributed by atoms with Crippen LogP contribution in [-0.2, 0) is 11.2 Å². The van der Waals surface area contributed by atoms with E-state index < -0.39 is 18.3 Å². The van der Waals surface area contributed by atoms with Gasteiger partial charge in [0.25, 0.3) is 0 Å². The normalized spacial score (nSPS) is 22.9. The lowest BCUT2D eigenvalue weighted by molar-refractivity contribution is -0.121. The summed E-state index contributed by atoms with van der Waals surface area (Å²) in [6.45, 7) is 2.68. The van der Waals surface area contributed by atoms with E-state index in [-0.39, 0.29) is 23.5 Å². The number of fused-ring (bicyclic) bond motifs is 1. The number of nitrogens with one attached hydrogen (secondary N) is 2. The van der Waals surface area contributed by atoms with Gasteiger partial charge in [0.1, 0.15) is 5.75 Å². The van der Waals surface area contributed by atoms with Gasteiger partial charge in [-0.05, 0) is 61.8 Å². The number of amides is 1. The zero-order valence-corrected chi connectivity index (χ0v) is 22.0. The molecule has 0 saturated heterocycles. The van der Waals surface area contributed by atoms with Crippen molar-refractivity contribution in [1.82, 2.24) is 10.3 Å². The summed E-state index contributed by atoms with van der Waals surface area (Å²) in [7, 11) is 0. The second-order valence-corrected chi connectivity index (χ2v) is 10.3. The molecule has 1 fully saturated rings. The Morgan fingerprint density at radius 1 is 1.19 bits per heavy atom. The summed E-state index contributed by atoms with van der Waals surface area (Å²) in [4.78, 5) is 15.4. The Bertz CT molecular complexity index is 1030. The molecule has 0 spiro atoms. The van der Waals surface area contributed by atoms with Crippen LogP contribution >= 0.6 is 0 Å². The third-order valence-electron chi connectivity index (χ3n) is 7.39. The summed E-state index contributed by atoms with van der Waals surface area (Å²) in [5.74, 6) is 0.0215. The predicted molar refractivity (Wildman–Crippen MR) is 147 cm³/mol. The average molecular weight is 513 g/mol. The summed E-state index contributed by atoms with van der Waals surface area (Å²) >= 11 is 0. The summed E-state index contributed by atoms with van der Waals surface area (Å²) < 4.78 is 0. The lowest BCUT2D eigenvalue weighted by Crippen LogP contribution is -2.25. The number of carbonyl (C=O) groups is 1. The van der Waals surface area contributed by atoms with Crippen molar-refractivity contribution < 1.29 is 25.2 Å². The molecule has 1 aromatic carbocycles. The first-order valence-electron chi connectivity index (χ1n) is 13.8. The predicted octanol–water partition coefficient (Wildman–Crippen LogP) is 4.50. The van der Waals surface area contributed by atoms with Gasteiger partial charge < -0.3 is 30.7 Å². The molecule has 1 saturated carbocycles. The smallest absolute Gasteiger partial charge is 0.220 e. The highest BCUT2D eigenvalue weighted by molar-refractivity contribution is 5.84. The molecule has 3 rings (SSSR count). The SMILES string of the molecule is CCCCCC(O)C=C[C@@H]1[C@@H](CC=CCCCC(=O)NCCc2c[nH]c3ccc(O)cc23)[C@@H](O)C[C@H]1O. The Balaban J connectivity index is 1.33. The largest absolute Gasteiger partial charge is 0.508 e. The maximum atomic E-state index is 12.2. The molecule has 1 heterocycles. The maximum absolute atomic E-state index is 12.2. The van der Waals surface area contributed by atoms with Gasteiger partial charge in [0, 0.05) is 42.4 Å². The quantitative estimate of drug-likeness (QED) is 0.155. The first-order valence-corrected chi connectivity index (χ1v) is 13.8. The van der Waals surface area contributed by atoms with Crippen molar-refractivity contribution in [2.24, 2.45) is 11.8 Å². The fraction of sp³-hybridized carbons (Fsp3) is 0.567. The summed E-state index contributed by atoms with van der Waals surface area (Å²) in [6, 6.07) is 5.22. The van der Waals surface area contributed by atoms with Gasteiger partial charge in [-0.15, -0.1) is 0 Å². The van der Waals surface area contributed by atoms with Gasteiger partial charge in [-0.3, -0.25) is 4.79 Å². The van der Waals surface area contributed by atoms with Crippen LogP contribution < -0.4 is 5.32 Å². The maximum Gasteiger partial charge on any atom is 0.220 e. The van der Waals surface area contributed by atoms with E-state index in [0.717, 1.165) is 55.0 Å². The highest BCUT2D eigenvalue weighted by atomic mass is 16.3. The second kappa shape index (κ2) is 15.0. The lowest BCUT2D eigenvalue weighted by atomic mass is 9.89. The van der Waals surface area contributed by atoms with Crippen LogP contribution in [-0.4, -0.2) is 56.2 Å². The molecule has 204 valence electrons. The van der Waals surface area contributed by atoms with Gasteiger partial charge in [-0.25, -0.2) is 0 Å². The van der Waals surface area contributed by atoms with E-state index in [9.17, 15) is 25.2 Å². The molecule has 1 aliphatic carbocycles. The number of aromatic hydroxyl groups is 1. The van der Waals surface area contributed by atoms with Crippen molar-refractivity contribution in [3.05, 3.63) is 54.3 Å². The Kier molecular flexibility index (Phi) is 11.7. The Labute approximate surface area is 220 Å². The third-order valence-corrected chi connectivity index (χ3v) is 7.39. The number of phenols is 1. The number of aromatic nitrogens is 1. The molecule has 37 heavy (non-hydrogen) atoms. The van der Waals surface area contributed by atoms with Crippen LogP contribution in [0.1, 0.15) is 70.3 Å². The molecule has 7 nitrogen and oxygen atoms in total. The molecule has 1 amide bonds. The van der Waals surface area contributed by atoms with E-state index in [1.165, 1.54) is 0 Å². The number of aliphatic hydroxyl groups is 3. The number of benzene rings is 1. The molecule has 0 bridgehead atoms. The number of hydrogen-bond acceptors (Lipinski definition) is 5. The van der Waals surface area contributed by atoms with Crippen molar-refractivity contribution >= 4 is 16.8 Å². The fourth-order valence-electron chi connectivity index (χ4n) is 5.21. The van der Waals surface area contributed by atoms with Gasteiger partial charge in [-0.2, -0.15) is 0 Å². The van der Waals surface area contributed by atoms with E-state index in [1.807, 2.05) is 30.5 Å². The average Bonchev–Trinajstić information content (AvgIpc) is 3.38. The van der Waals surface area contributed by atoms with Crippen LogP contribution in [0.25, 0.3) is 10.9 Å². The molecule has 0 aliphatic heterocycles. The summed E-state index contributed by atoms with van der Waals surface area (Å²) in [5, 5.41) is 44.6. The number of allylic oxidation sites excluding steroid dienone is 2. The van der Waals surface area contributed by atoms with Gasteiger partial charge >= 0.3 is 0 Å². The number of phenolic OH excluding ortho intramolecular Hbond substituents is 1. The number of H-pyrrole nitrogens is 1. The van der Waals surface area contributed by atoms with Crippen LogP contribution in [0.2, 0.25) is 0 Å². The molecular formula is C30H44N2O5. The first kappa shape index (κ1) is 29.0. The molecule has 1 aliphatic rings. The summed E-state index contributed by atoms with van der Waals surface area (Å²) in [6.07, 6.45) is 15.6. The first-order chi connectivity index (χ1) is 17.9. The van der Waals surface area contributed by atoms with Crippen LogP contribution in [0.4, 0.5) is 0 Å². The standard InChI is InChI=1S/C30H44N2O5/c1-2-3-6-9-22(33)12-14-25-24(28(35)19-29(25)36)10-7-4-5-8-11-30(37)31-17-16-21-20-32-27-15-13-23(34)18-26(21)27/h4,7,12-15,18,20,22,24-25,28-29,32-36H,2-3,5-6,8-11,16-17,19H2,1H3,(H,31,37)/t22?,24-,25-,28+,29-/m1/s1. The van der Waals surface area contributed by atoms with Crippen molar-refractivity contribution in [2.75, 3.05) is 6.54 Å². The molecule has 0 radical (unpaired) electrons. The molecule has 5 atom stereocenters.